The quantitative estimate of drug-likeness (QED) is 0.290. The maximum atomic E-state index is 13.1. The molecular formula is C23H25F3N2O3S2. The first-order chi connectivity index (χ1) is 15.4. The van der Waals surface area contributed by atoms with Crippen LogP contribution >= 0.6 is 24.0 Å². The van der Waals surface area contributed by atoms with Crippen molar-refractivity contribution in [2.24, 2.45) is 0 Å². The normalized spacial score (nSPS) is 14.5. The third-order valence-electron chi connectivity index (χ3n) is 5.11. The van der Waals surface area contributed by atoms with E-state index < -0.39 is 16.1 Å². The van der Waals surface area contributed by atoms with Gasteiger partial charge < -0.3 is 15.3 Å². The topological polar surface area (TPSA) is 69.6 Å². The van der Waals surface area contributed by atoms with E-state index in [0.717, 1.165) is 23.3 Å². The van der Waals surface area contributed by atoms with Gasteiger partial charge in [0.25, 0.3) is 0 Å². The molecular weight excluding hydrogens is 473 g/mol. The third kappa shape index (κ3) is 7.75. The first-order valence-electron chi connectivity index (χ1n) is 10.1. The number of fused-ring (bicyclic) bond motifs is 1. The number of halogens is 3. The molecule has 178 valence electrons. The van der Waals surface area contributed by atoms with Crippen LogP contribution in [0.25, 0.3) is 0 Å². The molecule has 2 amide bonds. The molecule has 5 nitrogen and oxygen atoms in total. The molecule has 0 aromatic heterocycles. The Bertz CT molecular complexity index is 1010. The molecule has 2 aromatic rings. The van der Waals surface area contributed by atoms with E-state index in [1.807, 2.05) is 25.1 Å². The van der Waals surface area contributed by atoms with Crippen molar-refractivity contribution < 1.29 is 27.9 Å². The number of urea groups is 1. The van der Waals surface area contributed by atoms with Gasteiger partial charge in [-0.25, -0.2) is 9.18 Å². The molecule has 0 radical (unpaired) electrons. The highest BCUT2D eigenvalue weighted by Gasteiger charge is 2.31. The standard InChI is InChI=1S/C22H25FN2O3S.CF2S/c1-4-25(21(28)24-17-8-6-16(23)7-9-17)18-11-14-5-10-19(13-15(14)12-18)29-22(2,3)20(26)27;2-1(3)4/h5-10,13,18H,4,11-12H2,1-3H3,(H,24,28)(H,26,27);. The summed E-state index contributed by atoms with van der Waals surface area (Å²) in [5, 5.41) is 10.2. The van der Waals surface area contributed by atoms with Crippen molar-refractivity contribution in [3.8, 4) is 0 Å². The van der Waals surface area contributed by atoms with Crippen molar-refractivity contribution >= 4 is 47.0 Å². The summed E-state index contributed by atoms with van der Waals surface area (Å²) in [6.45, 7) is 5.87. The Morgan fingerprint density at radius 2 is 1.73 bits per heavy atom. The van der Waals surface area contributed by atoms with Gasteiger partial charge in [0.2, 0.25) is 0 Å². The largest absolute Gasteiger partial charge is 0.480 e. The van der Waals surface area contributed by atoms with Crippen LogP contribution in [0.5, 0.6) is 0 Å². The number of thiocarbonyl (C=S) groups is 1. The SMILES string of the molecule is CCN(C(=O)Nc1ccc(F)cc1)C1Cc2ccc(SC(C)(C)C(=O)O)cc2C1.FC(F)=S. The van der Waals surface area contributed by atoms with Crippen LogP contribution < -0.4 is 5.32 Å². The molecule has 1 atom stereocenters. The number of nitrogens with zero attached hydrogens (tertiary/aromatic N) is 1. The van der Waals surface area contributed by atoms with Crippen LogP contribution in [-0.2, 0) is 17.6 Å². The molecule has 0 saturated heterocycles. The summed E-state index contributed by atoms with van der Waals surface area (Å²) in [4.78, 5) is 26.8. The molecule has 3 rings (SSSR count). The van der Waals surface area contributed by atoms with Gasteiger partial charge in [-0.3, -0.25) is 4.79 Å². The van der Waals surface area contributed by atoms with E-state index in [2.05, 4.69) is 17.5 Å². The number of hydrogen-bond donors (Lipinski definition) is 2. The van der Waals surface area contributed by atoms with Crippen LogP contribution in [0.2, 0.25) is 0 Å². The Morgan fingerprint density at radius 1 is 1.15 bits per heavy atom. The number of rotatable bonds is 6. The van der Waals surface area contributed by atoms with Gasteiger partial charge >= 0.3 is 17.4 Å². The first kappa shape index (κ1) is 26.7. The van der Waals surface area contributed by atoms with Crippen LogP contribution in [0.4, 0.5) is 23.7 Å². The molecule has 0 spiro atoms. The fraction of sp³-hybridized carbons (Fsp3) is 0.348. The van der Waals surface area contributed by atoms with Crippen LogP contribution in [0, 0.1) is 5.82 Å². The lowest BCUT2D eigenvalue weighted by Crippen LogP contribution is -2.43. The number of likely N-dealkylation sites (N-methyl/N-ethyl adjacent to an activating group) is 1. The number of nitrogens with one attached hydrogen (secondary N) is 1. The van der Waals surface area contributed by atoms with Gasteiger partial charge in [0.05, 0.1) is 0 Å². The fourth-order valence-corrected chi connectivity index (χ4v) is 4.50. The number of benzene rings is 2. The van der Waals surface area contributed by atoms with Gasteiger partial charge in [-0.15, -0.1) is 11.8 Å². The second-order valence-electron chi connectivity index (χ2n) is 7.86. The predicted octanol–water partition coefficient (Wildman–Crippen LogP) is 6.01. The Labute approximate surface area is 200 Å². The summed E-state index contributed by atoms with van der Waals surface area (Å²) in [6.07, 6.45) is 1.48. The summed E-state index contributed by atoms with van der Waals surface area (Å²) in [5.41, 5.74) is 2.88. The highest BCUT2D eigenvalue weighted by atomic mass is 32.2. The van der Waals surface area contributed by atoms with E-state index >= 15 is 0 Å². The number of carbonyl (C=O) groups excluding carboxylic acids is 1. The molecule has 1 unspecified atom stereocenters. The molecule has 2 aromatic carbocycles. The Kier molecular flexibility index (Phi) is 9.30. The summed E-state index contributed by atoms with van der Waals surface area (Å²) in [6, 6.07) is 11.5. The lowest BCUT2D eigenvalue weighted by atomic mass is 10.1. The van der Waals surface area contributed by atoms with Gasteiger partial charge in [0, 0.05) is 23.2 Å². The molecule has 2 N–H and O–H groups in total. The van der Waals surface area contributed by atoms with Crippen LogP contribution in [0.1, 0.15) is 31.9 Å². The zero-order valence-electron chi connectivity index (χ0n) is 18.4. The monoisotopic (exact) mass is 498 g/mol. The van der Waals surface area contributed by atoms with E-state index in [0.29, 0.717) is 12.2 Å². The summed E-state index contributed by atoms with van der Waals surface area (Å²) >= 11 is 4.53. The number of hydrogen-bond acceptors (Lipinski definition) is 4. The van der Waals surface area contributed by atoms with Crippen molar-refractivity contribution in [2.45, 2.75) is 49.3 Å². The summed E-state index contributed by atoms with van der Waals surface area (Å²) in [7, 11) is 0. The highest BCUT2D eigenvalue weighted by Crippen LogP contribution is 2.36. The average molecular weight is 499 g/mol. The molecule has 0 aliphatic heterocycles. The number of aliphatic carboxylic acids is 1. The van der Waals surface area contributed by atoms with Crippen LogP contribution in [-0.4, -0.2) is 44.7 Å². The zero-order valence-corrected chi connectivity index (χ0v) is 20.0. The van der Waals surface area contributed by atoms with E-state index in [1.54, 1.807) is 18.7 Å². The van der Waals surface area contributed by atoms with Gasteiger partial charge in [0.1, 0.15) is 10.6 Å². The minimum Gasteiger partial charge on any atom is -0.480 e. The molecule has 10 heteroatoms. The minimum atomic E-state index is -2.00. The minimum absolute atomic E-state index is 0.0307. The zero-order chi connectivity index (χ0) is 24.8. The van der Waals surface area contributed by atoms with Crippen molar-refractivity contribution in [3.63, 3.8) is 0 Å². The highest BCUT2D eigenvalue weighted by molar-refractivity contribution is 8.01. The van der Waals surface area contributed by atoms with Gasteiger partial charge in [-0.2, -0.15) is 8.78 Å². The lowest BCUT2D eigenvalue weighted by Gasteiger charge is -2.28. The first-order valence-corrected chi connectivity index (χ1v) is 11.4. The van der Waals surface area contributed by atoms with E-state index in [1.165, 1.54) is 41.6 Å². The molecule has 0 fully saturated rings. The second kappa shape index (κ2) is 11.5. The van der Waals surface area contributed by atoms with Gasteiger partial charge in [0.15, 0.2) is 0 Å². The maximum Gasteiger partial charge on any atom is 0.334 e. The van der Waals surface area contributed by atoms with Crippen LogP contribution in [0.3, 0.4) is 0 Å². The number of thioether (sulfide) groups is 1. The summed E-state index contributed by atoms with van der Waals surface area (Å²) < 4.78 is 32.3. The molecule has 1 aliphatic carbocycles. The molecule has 0 saturated carbocycles. The van der Waals surface area contributed by atoms with Gasteiger partial charge in [-0.05, 0) is 93.4 Å². The van der Waals surface area contributed by atoms with Crippen molar-refractivity contribution in [1.29, 1.82) is 0 Å². The number of amides is 2. The van der Waals surface area contributed by atoms with E-state index in [4.69, 9.17) is 0 Å². The predicted molar refractivity (Wildman–Crippen MR) is 128 cm³/mol. The Hall–Kier alpha value is -2.59. The Balaban J connectivity index is 0.000000890. The lowest BCUT2D eigenvalue weighted by molar-refractivity contribution is -0.138. The van der Waals surface area contributed by atoms with Crippen molar-refractivity contribution in [3.05, 3.63) is 59.4 Å². The van der Waals surface area contributed by atoms with E-state index in [9.17, 15) is 27.9 Å². The maximum absolute atomic E-state index is 13.1. The smallest absolute Gasteiger partial charge is 0.334 e. The molecule has 0 heterocycles. The van der Waals surface area contributed by atoms with Crippen LogP contribution in [0.15, 0.2) is 47.4 Å². The number of carbonyl (C=O) groups is 2. The van der Waals surface area contributed by atoms with E-state index in [-0.39, 0.29) is 17.9 Å². The number of anilines is 1. The number of carboxylic acids is 1. The third-order valence-corrected chi connectivity index (χ3v) is 6.29. The second-order valence-corrected chi connectivity index (χ2v) is 9.86. The van der Waals surface area contributed by atoms with Gasteiger partial charge in [-0.1, -0.05) is 6.07 Å². The molecule has 33 heavy (non-hydrogen) atoms. The Morgan fingerprint density at radius 3 is 2.27 bits per heavy atom. The van der Waals surface area contributed by atoms with Crippen molar-refractivity contribution in [2.75, 3.05) is 11.9 Å². The molecule has 1 aliphatic rings. The summed E-state index contributed by atoms with van der Waals surface area (Å²) in [5.74, 6) is -1.20. The molecule has 0 bridgehead atoms. The van der Waals surface area contributed by atoms with Crippen molar-refractivity contribution in [1.82, 2.24) is 4.90 Å². The number of carboxylic acid groups (broad SMARTS) is 1. The fourth-order valence-electron chi connectivity index (χ4n) is 3.49. The average Bonchev–Trinajstić information content (AvgIpc) is 3.12.